The van der Waals surface area contributed by atoms with Crippen molar-refractivity contribution in [3.05, 3.63) is 25.3 Å². The Balaban J connectivity index is 0. The monoisotopic (exact) mass is 205 g/mol. The summed E-state index contributed by atoms with van der Waals surface area (Å²) < 4.78 is 0.433. The van der Waals surface area contributed by atoms with Crippen molar-refractivity contribution in [3.63, 3.8) is 0 Å². The van der Waals surface area contributed by atoms with Gasteiger partial charge in [-0.2, -0.15) is 0 Å². The van der Waals surface area contributed by atoms with Gasteiger partial charge in [0.1, 0.15) is 0 Å². The molecule has 0 aliphatic rings. The number of carboxylic acids is 1. The molecule has 4 heteroatoms. The van der Waals surface area contributed by atoms with E-state index in [0.717, 1.165) is 0 Å². The Hall–Kier alpha value is -0.800. The standard InChI is InChI=1S/C9H15NO2.ClH/c1-4-6-10(3,7-5-2)8-9(11)12;/h4-5H,1-2,6-8H2,3H3;1H. The van der Waals surface area contributed by atoms with E-state index in [4.69, 9.17) is 5.11 Å². The Morgan fingerprint density at radius 1 is 1.38 bits per heavy atom. The van der Waals surface area contributed by atoms with Gasteiger partial charge in [-0.05, 0) is 12.2 Å². The van der Waals surface area contributed by atoms with Crippen LogP contribution >= 0.6 is 0 Å². The number of hydrogen-bond donors (Lipinski definition) is 1. The molecule has 3 nitrogen and oxygen atoms in total. The molecule has 0 amide bonds. The van der Waals surface area contributed by atoms with Crippen molar-refractivity contribution in [2.24, 2.45) is 0 Å². The average molecular weight is 206 g/mol. The Morgan fingerprint density at radius 3 is 2.00 bits per heavy atom. The minimum Gasteiger partial charge on any atom is -1.00 e. The predicted molar refractivity (Wildman–Crippen MR) is 48.8 cm³/mol. The molecule has 0 aliphatic heterocycles. The number of rotatable bonds is 6. The van der Waals surface area contributed by atoms with Gasteiger partial charge in [0, 0.05) is 0 Å². The lowest BCUT2D eigenvalue weighted by atomic mass is 10.3. The van der Waals surface area contributed by atoms with Gasteiger partial charge in [-0.25, -0.2) is 4.79 Å². The van der Waals surface area contributed by atoms with Gasteiger partial charge in [0.05, 0.1) is 20.1 Å². The van der Waals surface area contributed by atoms with Crippen molar-refractivity contribution >= 4 is 5.97 Å². The Bertz CT molecular complexity index is 182. The number of quaternary nitrogens is 1. The maximum absolute atomic E-state index is 10.5. The molecule has 13 heavy (non-hydrogen) atoms. The first kappa shape index (κ1) is 14.7. The summed E-state index contributed by atoms with van der Waals surface area (Å²) in [5.74, 6) is -0.791. The summed E-state index contributed by atoms with van der Waals surface area (Å²) in [4.78, 5) is 10.5. The molecule has 0 bridgehead atoms. The maximum atomic E-state index is 10.5. The van der Waals surface area contributed by atoms with Gasteiger partial charge in [0.2, 0.25) is 0 Å². The molecule has 0 aromatic carbocycles. The molecule has 0 spiro atoms. The fourth-order valence-electron chi connectivity index (χ4n) is 1.15. The number of nitrogens with zero attached hydrogens (tertiary/aromatic N) is 1. The van der Waals surface area contributed by atoms with E-state index in [9.17, 15) is 4.79 Å². The van der Waals surface area contributed by atoms with Gasteiger partial charge in [0.15, 0.2) is 6.54 Å². The van der Waals surface area contributed by atoms with Crippen LogP contribution in [-0.2, 0) is 4.79 Å². The molecule has 0 atom stereocenters. The summed E-state index contributed by atoms with van der Waals surface area (Å²) in [5, 5.41) is 8.62. The van der Waals surface area contributed by atoms with Gasteiger partial charge in [-0.15, -0.1) is 0 Å². The van der Waals surface area contributed by atoms with Crippen LogP contribution < -0.4 is 12.4 Å². The fourth-order valence-corrected chi connectivity index (χ4v) is 1.15. The van der Waals surface area contributed by atoms with Crippen LogP contribution in [0.2, 0.25) is 0 Å². The van der Waals surface area contributed by atoms with E-state index in [-0.39, 0.29) is 19.0 Å². The molecular formula is C9H16ClNO2. The Labute approximate surface area is 85.4 Å². The third kappa shape index (κ3) is 6.37. The summed E-state index contributed by atoms with van der Waals surface area (Å²) >= 11 is 0. The first-order valence-corrected chi connectivity index (χ1v) is 3.81. The lowest BCUT2D eigenvalue weighted by Gasteiger charge is -2.30. The minimum atomic E-state index is -0.791. The highest BCUT2D eigenvalue weighted by Gasteiger charge is 2.21. The highest BCUT2D eigenvalue weighted by molar-refractivity contribution is 5.67. The van der Waals surface area contributed by atoms with Gasteiger partial charge in [0.25, 0.3) is 0 Å². The van der Waals surface area contributed by atoms with Crippen molar-refractivity contribution < 1.29 is 26.8 Å². The number of aliphatic carboxylic acids is 1. The molecule has 0 aromatic rings. The molecule has 0 rings (SSSR count). The van der Waals surface area contributed by atoms with Crippen molar-refractivity contribution in [1.82, 2.24) is 0 Å². The van der Waals surface area contributed by atoms with Crippen LogP contribution in [0.3, 0.4) is 0 Å². The van der Waals surface area contributed by atoms with Crippen LogP contribution in [0.4, 0.5) is 0 Å². The summed E-state index contributed by atoms with van der Waals surface area (Å²) in [6.45, 7) is 8.60. The smallest absolute Gasteiger partial charge is 0.359 e. The quantitative estimate of drug-likeness (QED) is 0.398. The summed E-state index contributed by atoms with van der Waals surface area (Å²) in [5.41, 5.74) is 0. The highest BCUT2D eigenvalue weighted by Crippen LogP contribution is 2.01. The zero-order chi connectivity index (χ0) is 9.61. The van der Waals surface area contributed by atoms with Crippen LogP contribution in [0.25, 0.3) is 0 Å². The molecule has 0 saturated carbocycles. The molecule has 0 saturated heterocycles. The Kier molecular flexibility index (Phi) is 7.57. The average Bonchev–Trinajstić information content (AvgIpc) is 1.85. The molecule has 0 radical (unpaired) electrons. The van der Waals surface area contributed by atoms with E-state index >= 15 is 0 Å². The van der Waals surface area contributed by atoms with Crippen molar-refractivity contribution in [3.8, 4) is 0 Å². The summed E-state index contributed by atoms with van der Waals surface area (Å²) in [6.07, 6.45) is 3.46. The lowest BCUT2D eigenvalue weighted by molar-refractivity contribution is -0.891. The van der Waals surface area contributed by atoms with E-state index in [0.29, 0.717) is 17.6 Å². The van der Waals surface area contributed by atoms with E-state index in [1.807, 2.05) is 7.05 Å². The zero-order valence-corrected chi connectivity index (χ0v) is 8.63. The van der Waals surface area contributed by atoms with Gasteiger partial charge in [-0.1, -0.05) is 13.2 Å². The van der Waals surface area contributed by atoms with Crippen LogP contribution in [0.15, 0.2) is 25.3 Å². The van der Waals surface area contributed by atoms with Gasteiger partial charge >= 0.3 is 5.97 Å². The second-order valence-electron chi connectivity index (χ2n) is 3.11. The van der Waals surface area contributed by atoms with E-state index < -0.39 is 5.97 Å². The predicted octanol–water partition coefficient (Wildman–Crippen LogP) is -2.11. The van der Waals surface area contributed by atoms with Gasteiger partial charge < -0.3 is 22.0 Å². The largest absolute Gasteiger partial charge is 1.00 e. The lowest BCUT2D eigenvalue weighted by Crippen LogP contribution is -3.00. The molecular weight excluding hydrogens is 190 g/mol. The first-order chi connectivity index (χ1) is 5.54. The van der Waals surface area contributed by atoms with Gasteiger partial charge in [-0.3, -0.25) is 0 Å². The third-order valence-corrected chi connectivity index (χ3v) is 1.66. The van der Waals surface area contributed by atoms with Crippen LogP contribution in [0.5, 0.6) is 0 Å². The van der Waals surface area contributed by atoms with E-state index in [1.165, 1.54) is 0 Å². The van der Waals surface area contributed by atoms with Crippen LogP contribution in [0, 0.1) is 0 Å². The molecule has 0 unspecified atom stereocenters. The van der Waals surface area contributed by atoms with E-state index in [1.54, 1.807) is 12.2 Å². The minimum absolute atomic E-state index is 0. The van der Waals surface area contributed by atoms with Crippen molar-refractivity contribution in [2.75, 3.05) is 26.7 Å². The molecule has 1 N–H and O–H groups in total. The Morgan fingerprint density at radius 2 is 1.77 bits per heavy atom. The number of carbonyl (C=O) groups is 1. The number of likely N-dealkylation sites (N-methyl/N-ethyl adjacent to an activating group) is 1. The third-order valence-electron chi connectivity index (χ3n) is 1.66. The maximum Gasteiger partial charge on any atom is 0.359 e. The first-order valence-electron chi connectivity index (χ1n) is 3.81. The highest BCUT2D eigenvalue weighted by atomic mass is 35.5. The zero-order valence-electron chi connectivity index (χ0n) is 7.87. The topological polar surface area (TPSA) is 37.3 Å². The molecule has 0 fully saturated rings. The SMILES string of the molecule is C=CC[N+](C)(CC=C)CC(=O)O.[Cl-]. The number of halogens is 1. The van der Waals surface area contributed by atoms with Crippen LogP contribution in [-0.4, -0.2) is 42.2 Å². The normalized spacial score (nSPS) is 9.92. The second-order valence-corrected chi connectivity index (χ2v) is 3.11. The van der Waals surface area contributed by atoms with Crippen molar-refractivity contribution in [2.45, 2.75) is 0 Å². The summed E-state index contributed by atoms with van der Waals surface area (Å²) in [6, 6.07) is 0. The molecule has 0 heterocycles. The molecule has 0 aliphatic carbocycles. The number of carboxylic acid groups (broad SMARTS) is 1. The van der Waals surface area contributed by atoms with E-state index in [2.05, 4.69) is 13.2 Å². The summed E-state index contributed by atoms with van der Waals surface area (Å²) in [7, 11) is 1.87. The van der Waals surface area contributed by atoms with Crippen molar-refractivity contribution in [1.29, 1.82) is 0 Å². The molecule has 0 aromatic heterocycles. The second kappa shape index (κ2) is 6.69. The fraction of sp³-hybridized carbons (Fsp3) is 0.444. The number of hydrogen-bond acceptors (Lipinski definition) is 1. The van der Waals surface area contributed by atoms with Crippen LogP contribution in [0.1, 0.15) is 0 Å². The molecule has 76 valence electrons.